The second-order valence-electron chi connectivity index (χ2n) is 4.86. The van der Waals surface area contributed by atoms with Crippen molar-refractivity contribution in [2.45, 2.75) is 39.3 Å². The lowest BCUT2D eigenvalue weighted by Crippen LogP contribution is -2.38. The summed E-state index contributed by atoms with van der Waals surface area (Å²) in [4.78, 5) is 11.2. The van der Waals surface area contributed by atoms with Crippen LogP contribution in [0, 0.1) is 13.8 Å². The Bertz CT molecular complexity index is 435. The van der Waals surface area contributed by atoms with E-state index in [1.807, 2.05) is 14.0 Å². The molecule has 18 heavy (non-hydrogen) atoms. The monoisotopic (exact) mass is 250 g/mol. The van der Waals surface area contributed by atoms with E-state index in [-0.39, 0.29) is 6.10 Å². The van der Waals surface area contributed by atoms with Gasteiger partial charge in [0.05, 0.1) is 12.1 Å². The maximum absolute atomic E-state index is 5.63. The molecule has 1 fully saturated rings. The van der Waals surface area contributed by atoms with Gasteiger partial charge in [0.2, 0.25) is 0 Å². The van der Waals surface area contributed by atoms with Crippen LogP contribution in [0.2, 0.25) is 0 Å². The van der Waals surface area contributed by atoms with E-state index in [0.717, 1.165) is 36.1 Å². The first-order chi connectivity index (χ1) is 8.54. The molecule has 2 rings (SSSR count). The fourth-order valence-corrected chi connectivity index (χ4v) is 2.59. The van der Waals surface area contributed by atoms with Crippen LogP contribution in [0.1, 0.15) is 24.7 Å². The number of hydrogen-bond acceptors (Lipinski definition) is 5. The lowest BCUT2D eigenvalue weighted by molar-refractivity contribution is 0.118. The number of hydrogen-bond donors (Lipinski definition) is 1. The van der Waals surface area contributed by atoms with E-state index in [1.165, 1.54) is 0 Å². The molecular formula is C13H22N4O. The van der Waals surface area contributed by atoms with Crippen LogP contribution in [0.15, 0.2) is 0 Å². The van der Waals surface area contributed by atoms with Crippen LogP contribution in [-0.4, -0.2) is 42.8 Å². The fraction of sp³-hybridized carbons (Fsp3) is 0.692. The fourth-order valence-electron chi connectivity index (χ4n) is 2.59. The predicted molar refractivity (Wildman–Crippen MR) is 73.3 cm³/mol. The first-order valence-corrected chi connectivity index (χ1v) is 6.42. The summed E-state index contributed by atoms with van der Waals surface area (Å²) in [6.45, 7) is 6.93. The minimum Gasteiger partial charge on any atom is -0.376 e. The van der Waals surface area contributed by atoms with Gasteiger partial charge in [-0.15, -0.1) is 0 Å². The summed E-state index contributed by atoms with van der Waals surface area (Å²) in [6.07, 6.45) is 1.30. The molecule has 0 aromatic carbocycles. The molecule has 1 aliphatic rings. The van der Waals surface area contributed by atoms with Crippen molar-refractivity contribution >= 4 is 11.6 Å². The zero-order chi connectivity index (χ0) is 13.3. The Kier molecular flexibility index (Phi) is 3.71. The van der Waals surface area contributed by atoms with Crippen LogP contribution in [-0.2, 0) is 4.74 Å². The van der Waals surface area contributed by atoms with Crippen molar-refractivity contribution in [3.63, 3.8) is 0 Å². The van der Waals surface area contributed by atoms with E-state index < -0.39 is 0 Å². The van der Waals surface area contributed by atoms with E-state index in [0.29, 0.717) is 6.04 Å². The Labute approximate surface area is 109 Å². The van der Waals surface area contributed by atoms with Gasteiger partial charge in [0.25, 0.3) is 0 Å². The second-order valence-corrected chi connectivity index (χ2v) is 4.86. The maximum Gasteiger partial charge on any atom is 0.137 e. The van der Waals surface area contributed by atoms with Crippen LogP contribution in [0.5, 0.6) is 0 Å². The predicted octanol–water partition coefficient (Wildman–Crippen LogP) is 1.75. The molecule has 0 aliphatic carbocycles. The molecule has 0 amide bonds. The van der Waals surface area contributed by atoms with Crippen LogP contribution < -0.4 is 10.2 Å². The number of aryl methyl sites for hydroxylation is 1. The molecule has 100 valence electrons. The molecule has 1 aliphatic heterocycles. The van der Waals surface area contributed by atoms with Gasteiger partial charge >= 0.3 is 0 Å². The molecule has 5 heteroatoms. The second kappa shape index (κ2) is 5.10. The van der Waals surface area contributed by atoms with Gasteiger partial charge in [0.15, 0.2) is 0 Å². The zero-order valence-corrected chi connectivity index (χ0v) is 11.8. The van der Waals surface area contributed by atoms with Gasteiger partial charge < -0.3 is 15.0 Å². The van der Waals surface area contributed by atoms with Crippen LogP contribution >= 0.6 is 0 Å². The van der Waals surface area contributed by atoms with E-state index in [1.54, 1.807) is 0 Å². The number of aromatic nitrogens is 2. The molecule has 0 spiro atoms. The number of rotatable bonds is 3. The molecule has 0 radical (unpaired) electrons. The van der Waals surface area contributed by atoms with Gasteiger partial charge in [0, 0.05) is 26.3 Å². The van der Waals surface area contributed by atoms with Crippen LogP contribution in [0.4, 0.5) is 11.6 Å². The molecule has 1 N–H and O–H groups in total. The number of nitrogens with one attached hydrogen (secondary N) is 1. The number of anilines is 2. The summed E-state index contributed by atoms with van der Waals surface area (Å²) in [7, 11) is 3.98. The molecule has 2 atom stereocenters. The zero-order valence-electron chi connectivity index (χ0n) is 11.8. The highest BCUT2D eigenvalue weighted by Crippen LogP contribution is 2.28. The Morgan fingerprint density at radius 2 is 2.06 bits per heavy atom. The Balaban J connectivity index is 2.34. The van der Waals surface area contributed by atoms with Crippen molar-refractivity contribution in [3.05, 3.63) is 11.4 Å². The molecule has 2 heterocycles. The van der Waals surface area contributed by atoms with Gasteiger partial charge in [-0.05, 0) is 27.2 Å². The highest BCUT2D eigenvalue weighted by atomic mass is 16.5. The normalized spacial score (nSPS) is 23.2. The average Bonchev–Trinajstić information content (AvgIpc) is 2.77. The summed E-state index contributed by atoms with van der Waals surface area (Å²) in [5, 5.41) is 3.12. The molecule has 1 aromatic heterocycles. The third kappa shape index (κ3) is 2.27. The Hall–Kier alpha value is -1.36. The van der Waals surface area contributed by atoms with Crippen LogP contribution in [0.3, 0.4) is 0 Å². The minimum absolute atomic E-state index is 0.253. The van der Waals surface area contributed by atoms with Crippen molar-refractivity contribution < 1.29 is 4.74 Å². The third-order valence-electron chi connectivity index (χ3n) is 3.64. The van der Waals surface area contributed by atoms with Crippen LogP contribution in [0.25, 0.3) is 0 Å². The number of nitrogens with zero attached hydrogens (tertiary/aromatic N) is 3. The Morgan fingerprint density at radius 3 is 2.61 bits per heavy atom. The standard InChI is InChI=1S/C13H22N4O/c1-8-12(14-4)15-10(3)16-13(8)17(5)11-6-7-18-9(11)2/h9,11H,6-7H2,1-5H3,(H,14,15,16). The van der Waals surface area contributed by atoms with Gasteiger partial charge in [-0.25, -0.2) is 9.97 Å². The van der Waals surface area contributed by atoms with E-state index in [2.05, 4.69) is 41.1 Å². The summed E-state index contributed by atoms with van der Waals surface area (Å²) < 4.78 is 5.63. The van der Waals surface area contributed by atoms with Gasteiger partial charge in [-0.1, -0.05) is 0 Å². The average molecular weight is 250 g/mol. The summed E-state index contributed by atoms with van der Waals surface area (Å²) in [5.74, 6) is 2.68. The number of ether oxygens (including phenoxy) is 1. The lowest BCUT2D eigenvalue weighted by atomic mass is 10.1. The Morgan fingerprint density at radius 1 is 1.33 bits per heavy atom. The maximum atomic E-state index is 5.63. The lowest BCUT2D eigenvalue weighted by Gasteiger charge is -2.29. The van der Waals surface area contributed by atoms with Crippen molar-refractivity contribution in [1.82, 2.24) is 9.97 Å². The summed E-state index contributed by atoms with van der Waals surface area (Å²) >= 11 is 0. The summed E-state index contributed by atoms with van der Waals surface area (Å²) in [5.41, 5.74) is 1.09. The van der Waals surface area contributed by atoms with E-state index in [9.17, 15) is 0 Å². The quantitative estimate of drug-likeness (QED) is 0.885. The van der Waals surface area contributed by atoms with Crippen molar-refractivity contribution in [1.29, 1.82) is 0 Å². The summed E-state index contributed by atoms with van der Waals surface area (Å²) in [6, 6.07) is 0.391. The van der Waals surface area contributed by atoms with Crippen molar-refractivity contribution in [3.8, 4) is 0 Å². The molecule has 1 aromatic rings. The third-order valence-corrected chi connectivity index (χ3v) is 3.64. The molecule has 0 bridgehead atoms. The minimum atomic E-state index is 0.253. The molecular weight excluding hydrogens is 228 g/mol. The first-order valence-electron chi connectivity index (χ1n) is 6.42. The highest BCUT2D eigenvalue weighted by Gasteiger charge is 2.29. The molecule has 1 saturated heterocycles. The topological polar surface area (TPSA) is 50.3 Å². The van der Waals surface area contributed by atoms with E-state index in [4.69, 9.17) is 4.74 Å². The highest BCUT2D eigenvalue weighted by molar-refractivity contribution is 5.58. The van der Waals surface area contributed by atoms with Crippen molar-refractivity contribution in [2.24, 2.45) is 0 Å². The SMILES string of the molecule is CNc1nc(C)nc(N(C)C2CCOC2C)c1C. The van der Waals surface area contributed by atoms with Crippen molar-refractivity contribution in [2.75, 3.05) is 30.9 Å². The number of likely N-dealkylation sites (N-methyl/N-ethyl adjacent to an activating group) is 1. The largest absolute Gasteiger partial charge is 0.376 e. The van der Waals surface area contributed by atoms with Gasteiger partial charge in [-0.3, -0.25) is 0 Å². The smallest absolute Gasteiger partial charge is 0.137 e. The van der Waals surface area contributed by atoms with E-state index >= 15 is 0 Å². The molecule has 0 saturated carbocycles. The van der Waals surface area contributed by atoms with Gasteiger partial charge in [0.1, 0.15) is 17.5 Å². The first kappa shape index (κ1) is 13.1. The van der Waals surface area contributed by atoms with Gasteiger partial charge in [-0.2, -0.15) is 0 Å². The molecule has 2 unspecified atom stereocenters. The molecule has 5 nitrogen and oxygen atoms in total.